The standard InChI is InChI=1S/C32H33NO2/c1-35-29-14-7-23(8-15-29)9-16-30(34)33-28-12-10-27(11-13-28)32-20-24-17-25(21-32)19-31(18-24,22-32)26-5-3-2-4-6-26/h2-16,24-25H,17-22H2,1H3,(H,33,34)/b16-9+. The molecule has 3 nitrogen and oxygen atoms in total. The molecule has 7 rings (SSSR count). The number of methoxy groups -OCH3 is 1. The van der Waals surface area contributed by atoms with E-state index in [1.54, 1.807) is 18.7 Å². The first-order valence-electron chi connectivity index (χ1n) is 12.9. The first-order valence-corrected chi connectivity index (χ1v) is 12.9. The van der Waals surface area contributed by atoms with Gasteiger partial charge in [0.1, 0.15) is 5.75 Å². The highest BCUT2D eigenvalue weighted by Crippen LogP contribution is 2.66. The highest BCUT2D eigenvalue weighted by Gasteiger charge is 2.58. The number of anilines is 1. The topological polar surface area (TPSA) is 38.3 Å². The monoisotopic (exact) mass is 463 g/mol. The molecule has 3 aromatic rings. The average Bonchev–Trinajstić information content (AvgIpc) is 2.88. The lowest BCUT2D eigenvalue weighted by Gasteiger charge is -2.62. The Kier molecular flexibility index (Phi) is 5.51. The van der Waals surface area contributed by atoms with Gasteiger partial charge in [-0.15, -0.1) is 0 Å². The van der Waals surface area contributed by atoms with Crippen LogP contribution in [-0.4, -0.2) is 13.0 Å². The van der Waals surface area contributed by atoms with Crippen LogP contribution in [0.15, 0.2) is 84.9 Å². The summed E-state index contributed by atoms with van der Waals surface area (Å²) >= 11 is 0. The fraction of sp³-hybridized carbons (Fsp3) is 0.344. The van der Waals surface area contributed by atoms with Crippen molar-refractivity contribution in [1.29, 1.82) is 0 Å². The van der Waals surface area contributed by atoms with E-state index >= 15 is 0 Å². The lowest BCUT2D eigenvalue weighted by Crippen LogP contribution is -2.55. The van der Waals surface area contributed by atoms with Crippen LogP contribution in [0.1, 0.15) is 55.2 Å². The van der Waals surface area contributed by atoms with E-state index in [4.69, 9.17) is 4.74 Å². The largest absolute Gasteiger partial charge is 0.497 e. The Bertz CT molecular complexity index is 1210. The first kappa shape index (κ1) is 22.2. The van der Waals surface area contributed by atoms with Gasteiger partial charge in [0, 0.05) is 11.8 Å². The number of hydrogen-bond acceptors (Lipinski definition) is 2. The minimum absolute atomic E-state index is 0.119. The lowest BCUT2D eigenvalue weighted by atomic mass is 9.42. The summed E-state index contributed by atoms with van der Waals surface area (Å²) in [6.45, 7) is 0. The van der Waals surface area contributed by atoms with Crippen molar-refractivity contribution in [1.82, 2.24) is 0 Å². The van der Waals surface area contributed by atoms with Gasteiger partial charge in [0.15, 0.2) is 0 Å². The van der Waals surface area contributed by atoms with Gasteiger partial charge in [-0.25, -0.2) is 0 Å². The summed E-state index contributed by atoms with van der Waals surface area (Å²) in [5, 5.41) is 3.02. The maximum atomic E-state index is 12.5. The van der Waals surface area contributed by atoms with Crippen molar-refractivity contribution in [2.75, 3.05) is 12.4 Å². The Balaban J connectivity index is 1.17. The zero-order chi connectivity index (χ0) is 23.9. The molecule has 0 radical (unpaired) electrons. The van der Waals surface area contributed by atoms with E-state index in [2.05, 4.69) is 59.9 Å². The van der Waals surface area contributed by atoms with Gasteiger partial charge in [-0.2, -0.15) is 0 Å². The predicted molar refractivity (Wildman–Crippen MR) is 142 cm³/mol. The Hall–Kier alpha value is -3.33. The summed E-state index contributed by atoms with van der Waals surface area (Å²) in [5.74, 6) is 2.35. The molecule has 4 aliphatic rings. The fourth-order valence-corrected chi connectivity index (χ4v) is 7.71. The normalized spacial score (nSPS) is 28.8. The van der Waals surface area contributed by atoms with Gasteiger partial charge in [0.2, 0.25) is 5.91 Å². The molecule has 3 aromatic carbocycles. The molecule has 1 N–H and O–H groups in total. The van der Waals surface area contributed by atoms with Gasteiger partial charge in [-0.05, 0) is 108 Å². The van der Waals surface area contributed by atoms with E-state index in [0.717, 1.165) is 28.8 Å². The molecule has 0 aliphatic heterocycles. The number of ether oxygens (including phenoxy) is 1. The van der Waals surface area contributed by atoms with Crippen molar-refractivity contribution < 1.29 is 9.53 Å². The highest BCUT2D eigenvalue weighted by molar-refractivity contribution is 6.01. The van der Waals surface area contributed by atoms with Crippen molar-refractivity contribution in [3.8, 4) is 5.75 Å². The van der Waals surface area contributed by atoms with Crippen LogP contribution in [0, 0.1) is 11.8 Å². The molecule has 0 heterocycles. The number of hydrogen-bond donors (Lipinski definition) is 1. The van der Waals surface area contributed by atoms with Gasteiger partial charge in [0.05, 0.1) is 7.11 Å². The number of carbonyl (C=O) groups excluding carboxylic acids is 1. The third-order valence-corrected chi connectivity index (χ3v) is 8.76. The summed E-state index contributed by atoms with van der Waals surface area (Å²) in [5.41, 5.74) is 5.43. The van der Waals surface area contributed by atoms with Gasteiger partial charge in [0.25, 0.3) is 0 Å². The van der Waals surface area contributed by atoms with Crippen molar-refractivity contribution in [3.05, 3.63) is 102 Å². The molecular weight excluding hydrogens is 430 g/mol. The van der Waals surface area contributed by atoms with Crippen molar-refractivity contribution in [3.63, 3.8) is 0 Å². The van der Waals surface area contributed by atoms with Crippen LogP contribution in [0.2, 0.25) is 0 Å². The molecule has 35 heavy (non-hydrogen) atoms. The highest BCUT2D eigenvalue weighted by atomic mass is 16.5. The zero-order valence-electron chi connectivity index (χ0n) is 20.4. The molecule has 4 saturated carbocycles. The number of rotatable bonds is 6. The second-order valence-electron chi connectivity index (χ2n) is 11.1. The number of nitrogens with one attached hydrogen (secondary N) is 1. The molecule has 2 unspecified atom stereocenters. The van der Waals surface area contributed by atoms with E-state index in [0.29, 0.717) is 5.41 Å². The number of amides is 1. The van der Waals surface area contributed by atoms with Gasteiger partial charge >= 0.3 is 0 Å². The summed E-state index contributed by atoms with van der Waals surface area (Å²) < 4.78 is 5.18. The van der Waals surface area contributed by atoms with E-state index in [-0.39, 0.29) is 11.3 Å². The van der Waals surface area contributed by atoms with Crippen LogP contribution < -0.4 is 10.1 Å². The Morgan fingerprint density at radius 2 is 1.43 bits per heavy atom. The van der Waals surface area contributed by atoms with E-state index in [1.165, 1.54) is 44.1 Å². The minimum Gasteiger partial charge on any atom is -0.497 e. The molecule has 4 fully saturated rings. The second kappa shape index (κ2) is 8.71. The molecule has 3 heteroatoms. The first-order chi connectivity index (χ1) is 17.1. The van der Waals surface area contributed by atoms with Crippen LogP contribution in [0.25, 0.3) is 6.08 Å². The maximum Gasteiger partial charge on any atom is 0.248 e. The fourth-order valence-electron chi connectivity index (χ4n) is 7.71. The van der Waals surface area contributed by atoms with Crippen LogP contribution in [0.3, 0.4) is 0 Å². The van der Waals surface area contributed by atoms with Gasteiger partial charge in [-0.3, -0.25) is 4.79 Å². The molecule has 1 amide bonds. The zero-order valence-corrected chi connectivity index (χ0v) is 20.4. The summed E-state index contributed by atoms with van der Waals surface area (Å²) in [4.78, 5) is 12.5. The van der Waals surface area contributed by atoms with Gasteiger partial charge < -0.3 is 10.1 Å². The third-order valence-electron chi connectivity index (χ3n) is 8.76. The SMILES string of the molecule is COc1ccc(/C=C/C(=O)Nc2ccc(C34CC5CC(CC(c6ccccc6)(C5)C3)C4)cc2)cc1. The van der Waals surface area contributed by atoms with E-state index < -0.39 is 0 Å². The molecule has 0 aromatic heterocycles. The third kappa shape index (κ3) is 4.18. The maximum absolute atomic E-state index is 12.5. The molecule has 0 spiro atoms. The average molecular weight is 464 g/mol. The lowest BCUT2D eigenvalue weighted by molar-refractivity contribution is -0.111. The van der Waals surface area contributed by atoms with Crippen LogP contribution in [-0.2, 0) is 15.6 Å². The molecular formula is C32H33NO2. The van der Waals surface area contributed by atoms with Crippen LogP contribution in [0.5, 0.6) is 5.75 Å². The Morgan fingerprint density at radius 1 is 0.829 bits per heavy atom. The Morgan fingerprint density at radius 3 is 2.03 bits per heavy atom. The molecule has 4 bridgehead atoms. The summed E-state index contributed by atoms with van der Waals surface area (Å²) in [6.07, 6.45) is 11.4. The number of benzene rings is 3. The van der Waals surface area contributed by atoms with Gasteiger partial charge in [-0.1, -0.05) is 54.6 Å². The molecule has 4 aliphatic carbocycles. The van der Waals surface area contributed by atoms with Crippen molar-refractivity contribution >= 4 is 17.7 Å². The minimum atomic E-state index is -0.119. The second-order valence-corrected chi connectivity index (χ2v) is 11.1. The van der Waals surface area contributed by atoms with Crippen LogP contribution >= 0.6 is 0 Å². The van der Waals surface area contributed by atoms with Crippen molar-refractivity contribution in [2.45, 2.75) is 49.4 Å². The summed E-state index contributed by atoms with van der Waals surface area (Å²) in [6, 6.07) is 27.6. The molecule has 0 saturated heterocycles. The quantitative estimate of drug-likeness (QED) is 0.395. The molecule has 2 atom stereocenters. The molecule has 178 valence electrons. The predicted octanol–water partition coefficient (Wildman–Crippen LogP) is 7.14. The Labute approximate surface area is 208 Å². The van der Waals surface area contributed by atoms with Crippen molar-refractivity contribution in [2.24, 2.45) is 11.8 Å². The summed E-state index contributed by atoms with van der Waals surface area (Å²) in [7, 11) is 1.65. The van der Waals surface area contributed by atoms with E-state index in [1.807, 2.05) is 30.3 Å². The number of carbonyl (C=O) groups is 1. The van der Waals surface area contributed by atoms with Crippen LogP contribution in [0.4, 0.5) is 5.69 Å². The smallest absolute Gasteiger partial charge is 0.248 e. The van der Waals surface area contributed by atoms with E-state index in [9.17, 15) is 4.79 Å².